The van der Waals surface area contributed by atoms with Crippen LogP contribution < -0.4 is 10.1 Å². The average molecular weight is 433 g/mol. The molecule has 2 amide bonds. The molecule has 1 aromatic carbocycles. The van der Waals surface area contributed by atoms with Crippen molar-refractivity contribution in [3.05, 3.63) is 47.1 Å². The number of carbonyl (C=O) groups excluding carboxylic acids is 1. The van der Waals surface area contributed by atoms with Crippen molar-refractivity contribution in [2.45, 2.75) is 46.1 Å². The van der Waals surface area contributed by atoms with E-state index in [0.29, 0.717) is 22.5 Å². The number of nitrogens with one attached hydrogen (secondary N) is 1. The molecule has 0 fully saturated rings. The highest BCUT2D eigenvalue weighted by atomic mass is 35.5. The topological polar surface area (TPSA) is 57.7 Å². The fourth-order valence-electron chi connectivity index (χ4n) is 2.95. The van der Waals surface area contributed by atoms with Crippen LogP contribution in [-0.2, 0) is 6.54 Å². The van der Waals surface area contributed by atoms with Crippen molar-refractivity contribution < 1.29 is 9.53 Å². The minimum Gasteiger partial charge on any atom is -0.439 e. The third-order valence-corrected chi connectivity index (χ3v) is 4.80. The second-order valence-corrected chi connectivity index (χ2v) is 7.96. The zero-order chi connectivity index (χ0) is 21.9. The van der Waals surface area contributed by atoms with Gasteiger partial charge in [0.2, 0.25) is 5.88 Å². The highest BCUT2D eigenvalue weighted by molar-refractivity contribution is 6.29. The summed E-state index contributed by atoms with van der Waals surface area (Å²) in [4.78, 5) is 20.1. The number of rotatable bonds is 11. The van der Waals surface area contributed by atoms with Gasteiger partial charge >= 0.3 is 6.03 Å². The number of unbranched alkanes of at least 4 members (excludes halogenated alkanes) is 2. The number of nitrogens with zero attached hydrogens (tertiary/aromatic N) is 3. The maximum Gasteiger partial charge on any atom is 0.321 e. The Labute approximate surface area is 185 Å². The van der Waals surface area contributed by atoms with Crippen LogP contribution in [0.15, 0.2) is 36.4 Å². The molecule has 0 aliphatic carbocycles. The van der Waals surface area contributed by atoms with Crippen LogP contribution in [0, 0.1) is 0 Å². The Bertz CT molecular complexity index is 806. The molecule has 6 nitrogen and oxygen atoms in total. The molecule has 1 N–H and O–H groups in total. The van der Waals surface area contributed by atoms with Gasteiger partial charge in [-0.05, 0) is 49.7 Å². The third kappa shape index (κ3) is 8.20. The van der Waals surface area contributed by atoms with Gasteiger partial charge in [0, 0.05) is 38.5 Å². The summed E-state index contributed by atoms with van der Waals surface area (Å²) in [6, 6.07) is 10.8. The van der Waals surface area contributed by atoms with Gasteiger partial charge in [0.15, 0.2) is 0 Å². The molecule has 0 saturated carbocycles. The van der Waals surface area contributed by atoms with Crippen LogP contribution in [0.5, 0.6) is 11.6 Å². The zero-order valence-electron chi connectivity index (χ0n) is 18.4. The van der Waals surface area contributed by atoms with Crippen LogP contribution in [0.4, 0.5) is 10.5 Å². The standard InChI is InChI=1S/C23H33ClN4O2/c1-5-7-12-28(13-8-6-2)17-18-14-21(24)26-22(15-18)30-20-11-9-10-19(16-20)25-23(29)27(3)4/h9-11,14-16H,5-8,12-13,17H2,1-4H3,(H,25,29). The number of halogens is 1. The maximum atomic E-state index is 11.9. The molecule has 0 radical (unpaired) electrons. The van der Waals surface area contributed by atoms with Gasteiger partial charge in [-0.15, -0.1) is 0 Å². The highest BCUT2D eigenvalue weighted by Gasteiger charge is 2.10. The van der Waals surface area contributed by atoms with Gasteiger partial charge in [-0.1, -0.05) is 44.4 Å². The Morgan fingerprint density at radius 3 is 2.43 bits per heavy atom. The van der Waals surface area contributed by atoms with E-state index < -0.39 is 0 Å². The minimum atomic E-state index is -0.199. The summed E-state index contributed by atoms with van der Waals surface area (Å²) >= 11 is 6.27. The Morgan fingerprint density at radius 2 is 1.80 bits per heavy atom. The van der Waals surface area contributed by atoms with Crippen LogP contribution in [0.1, 0.15) is 45.1 Å². The quantitative estimate of drug-likeness (QED) is 0.441. The number of carbonyl (C=O) groups is 1. The van der Waals surface area contributed by atoms with E-state index in [0.717, 1.165) is 25.2 Å². The molecule has 1 heterocycles. The summed E-state index contributed by atoms with van der Waals surface area (Å²) in [6.07, 6.45) is 4.71. The van der Waals surface area contributed by atoms with Crippen molar-refractivity contribution in [3.8, 4) is 11.6 Å². The first-order valence-electron chi connectivity index (χ1n) is 10.6. The van der Waals surface area contributed by atoms with Gasteiger partial charge in [0.1, 0.15) is 10.9 Å². The Hall–Kier alpha value is -2.31. The number of ether oxygens (including phenoxy) is 1. The Kier molecular flexibility index (Phi) is 9.91. The fraction of sp³-hybridized carbons (Fsp3) is 0.478. The Balaban J connectivity index is 2.11. The second-order valence-electron chi connectivity index (χ2n) is 7.57. The van der Waals surface area contributed by atoms with Crippen molar-refractivity contribution in [2.75, 3.05) is 32.5 Å². The monoisotopic (exact) mass is 432 g/mol. The van der Waals surface area contributed by atoms with E-state index in [1.54, 1.807) is 20.2 Å². The molecular formula is C23H33ClN4O2. The third-order valence-electron chi connectivity index (χ3n) is 4.61. The molecule has 0 aliphatic rings. The van der Waals surface area contributed by atoms with Crippen molar-refractivity contribution in [1.29, 1.82) is 0 Å². The summed E-state index contributed by atoms with van der Waals surface area (Å²) in [5.74, 6) is 1.03. The number of hydrogen-bond acceptors (Lipinski definition) is 4. The number of amides is 2. The highest BCUT2D eigenvalue weighted by Crippen LogP contribution is 2.26. The van der Waals surface area contributed by atoms with Crippen molar-refractivity contribution in [3.63, 3.8) is 0 Å². The molecule has 164 valence electrons. The van der Waals surface area contributed by atoms with Gasteiger partial charge in [-0.25, -0.2) is 9.78 Å². The summed E-state index contributed by atoms with van der Waals surface area (Å²) in [5, 5.41) is 3.22. The maximum absolute atomic E-state index is 11.9. The minimum absolute atomic E-state index is 0.199. The Morgan fingerprint density at radius 1 is 1.10 bits per heavy atom. The lowest BCUT2D eigenvalue weighted by atomic mass is 10.2. The van der Waals surface area contributed by atoms with Crippen molar-refractivity contribution >= 4 is 23.3 Å². The molecule has 0 spiro atoms. The smallest absolute Gasteiger partial charge is 0.321 e. The lowest BCUT2D eigenvalue weighted by Crippen LogP contribution is -2.27. The summed E-state index contributed by atoms with van der Waals surface area (Å²) in [7, 11) is 3.38. The number of urea groups is 1. The molecule has 2 aromatic rings. The van der Waals surface area contributed by atoms with Crippen LogP contribution in [-0.4, -0.2) is 48.0 Å². The summed E-state index contributed by atoms with van der Waals surface area (Å²) < 4.78 is 5.95. The largest absolute Gasteiger partial charge is 0.439 e. The first-order valence-corrected chi connectivity index (χ1v) is 10.9. The number of pyridine rings is 1. The first kappa shape index (κ1) is 24.0. The number of hydrogen-bond donors (Lipinski definition) is 1. The molecular weight excluding hydrogens is 400 g/mol. The number of aromatic nitrogens is 1. The molecule has 0 unspecified atom stereocenters. The lowest BCUT2D eigenvalue weighted by molar-refractivity contribution is 0.230. The first-order chi connectivity index (χ1) is 14.4. The molecule has 30 heavy (non-hydrogen) atoms. The van der Waals surface area contributed by atoms with E-state index in [1.165, 1.54) is 30.6 Å². The van der Waals surface area contributed by atoms with E-state index in [-0.39, 0.29) is 6.03 Å². The van der Waals surface area contributed by atoms with Crippen LogP contribution in [0.2, 0.25) is 5.15 Å². The molecule has 0 aliphatic heterocycles. The van der Waals surface area contributed by atoms with Crippen LogP contribution in [0.3, 0.4) is 0 Å². The molecule has 2 rings (SSSR count). The van der Waals surface area contributed by atoms with Gasteiger partial charge in [0.25, 0.3) is 0 Å². The van der Waals surface area contributed by atoms with Crippen molar-refractivity contribution in [2.24, 2.45) is 0 Å². The fourth-order valence-corrected chi connectivity index (χ4v) is 3.18. The van der Waals surface area contributed by atoms with Crippen LogP contribution >= 0.6 is 11.6 Å². The van der Waals surface area contributed by atoms with E-state index in [2.05, 4.69) is 29.0 Å². The normalized spacial score (nSPS) is 10.9. The van der Waals surface area contributed by atoms with Gasteiger partial charge in [-0.2, -0.15) is 0 Å². The van der Waals surface area contributed by atoms with Crippen molar-refractivity contribution in [1.82, 2.24) is 14.8 Å². The molecule has 7 heteroatoms. The van der Waals surface area contributed by atoms with E-state index in [9.17, 15) is 4.79 Å². The van der Waals surface area contributed by atoms with Gasteiger partial charge < -0.3 is 15.0 Å². The zero-order valence-corrected chi connectivity index (χ0v) is 19.2. The van der Waals surface area contributed by atoms with E-state index >= 15 is 0 Å². The molecule has 0 bridgehead atoms. The van der Waals surface area contributed by atoms with E-state index in [1.807, 2.05) is 30.3 Å². The van der Waals surface area contributed by atoms with Crippen LogP contribution in [0.25, 0.3) is 0 Å². The average Bonchev–Trinajstić information content (AvgIpc) is 2.69. The second kappa shape index (κ2) is 12.4. The summed E-state index contributed by atoms with van der Waals surface area (Å²) in [5.41, 5.74) is 1.73. The molecule has 0 atom stereocenters. The summed E-state index contributed by atoms with van der Waals surface area (Å²) in [6.45, 7) is 7.38. The molecule has 1 aromatic heterocycles. The lowest BCUT2D eigenvalue weighted by Gasteiger charge is -2.22. The molecule has 0 saturated heterocycles. The number of benzene rings is 1. The number of anilines is 1. The predicted octanol–water partition coefficient (Wildman–Crippen LogP) is 6.02. The van der Waals surface area contributed by atoms with Gasteiger partial charge in [0.05, 0.1) is 0 Å². The van der Waals surface area contributed by atoms with E-state index in [4.69, 9.17) is 16.3 Å². The van der Waals surface area contributed by atoms with Gasteiger partial charge in [-0.3, -0.25) is 4.90 Å². The predicted molar refractivity (Wildman–Crippen MR) is 124 cm³/mol. The SMILES string of the molecule is CCCCN(CCCC)Cc1cc(Cl)nc(Oc2cccc(NC(=O)N(C)C)c2)c1.